The van der Waals surface area contributed by atoms with Crippen molar-refractivity contribution < 1.29 is 4.79 Å². The number of amidine groups is 1. The number of nitrogens with one attached hydrogen (secondary N) is 3. The second kappa shape index (κ2) is 6.62. The number of halogens is 1. The summed E-state index contributed by atoms with van der Waals surface area (Å²) in [7, 11) is 0. The number of carbonyl (C=O) groups excluding carboxylic acids is 1. The number of hydrogen-bond donors (Lipinski definition) is 4. The smallest absolute Gasteiger partial charge is 0.233 e. The first kappa shape index (κ1) is 15.9. The highest BCUT2D eigenvalue weighted by molar-refractivity contribution is 6.30. The van der Waals surface area contributed by atoms with Gasteiger partial charge in [0.25, 0.3) is 0 Å². The maximum atomic E-state index is 12.6. The molecule has 1 aliphatic heterocycles. The highest BCUT2D eigenvalue weighted by atomic mass is 35.5. The number of anilines is 1. The molecule has 23 heavy (non-hydrogen) atoms. The van der Waals surface area contributed by atoms with Gasteiger partial charge >= 0.3 is 0 Å². The Kier molecular flexibility index (Phi) is 4.57. The maximum Gasteiger partial charge on any atom is 0.233 e. The van der Waals surface area contributed by atoms with Crippen LogP contribution in [0.25, 0.3) is 0 Å². The third kappa shape index (κ3) is 3.34. The summed E-state index contributed by atoms with van der Waals surface area (Å²) < 4.78 is 0. The first-order chi connectivity index (χ1) is 11.1. The normalized spacial score (nSPS) is 20.5. The van der Waals surface area contributed by atoms with Crippen molar-refractivity contribution in [1.82, 2.24) is 5.32 Å². The van der Waals surface area contributed by atoms with Crippen LogP contribution in [0.1, 0.15) is 43.6 Å². The van der Waals surface area contributed by atoms with Gasteiger partial charge in [0, 0.05) is 28.5 Å². The summed E-state index contributed by atoms with van der Waals surface area (Å²) >= 11 is 6.01. The minimum Gasteiger partial charge on any atom is -0.402 e. The van der Waals surface area contributed by atoms with Crippen molar-refractivity contribution in [3.63, 3.8) is 0 Å². The Hall–Kier alpha value is -2.01. The van der Waals surface area contributed by atoms with Crippen LogP contribution < -0.4 is 16.4 Å². The van der Waals surface area contributed by atoms with Crippen LogP contribution in [-0.2, 0) is 4.79 Å². The lowest BCUT2D eigenvalue weighted by Gasteiger charge is -2.27. The van der Waals surface area contributed by atoms with Crippen molar-refractivity contribution in [3.05, 3.63) is 40.1 Å². The third-order valence-electron chi connectivity index (χ3n) is 4.52. The van der Waals surface area contributed by atoms with E-state index >= 15 is 0 Å². The topological polar surface area (TPSA) is 91.0 Å². The Balaban J connectivity index is 1.76. The molecule has 2 aliphatic rings. The number of fused-ring (bicyclic) bond motifs is 1. The van der Waals surface area contributed by atoms with Gasteiger partial charge in [0.2, 0.25) is 5.91 Å². The van der Waals surface area contributed by atoms with E-state index in [1.165, 1.54) is 0 Å². The lowest BCUT2D eigenvalue weighted by Crippen LogP contribution is -2.38. The summed E-state index contributed by atoms with van der Waals surface area (Å²) in [6.45, 7) is 0.712. The van der Waals surface area contributed by atoms with Gasteiger partial charge in [-0.25, -0.2) is 0 Å². The predicted molar refractivity (Wildman–Crippen MR) is 92.9 cm³/mol. The molecule has 5 N–H and O–H groups in total. The summed E-state index contributed by atoms with van der Waals surface area (Å²) in [4.78, 5) is 12.6. The van der Waals surface area contributed by atoms with Crippen LogP contribution in [0.3, 0.4) is 0 Å². The van der Waals surface area contributed by atoms with Gasteiger partial charge in [-0.15, -0.1) is 0 Å². The monoisotopic (exact) mass is 332 g/mol. The van der Waals surface area contributed by atoms with Crippen LogP contribution in [0.2, 0.25) is 5.02 Å². The Morgan fingerprint density at radius 2 is 2.13 bits per heavy atom. The maximum absolute atomic E-state index is 12.6. The third-order valence-corrected chi connectivity index (χ3v) is 4.75. The standard InChI is InChI=1S/C17H21ClN4O/c18-10-5-6-11-12(7-8-21-15(11)9-10)17(23)22-16(20)13-3-1-2-4-14(13)19/h5-6,9,12,21H,1-4,7-8,19H2,(H2,20,22,23). The molecule has 0 saturated carbocycles. The molecule has 0 spiro atoms. The van der Waals surface area contributed by atoms with Crippen LogP contribution in [0.4, 0.5) is 5.69 Å². The van der Waals surface area contributed by atoms with Crippen molar-refractivity contribution in [2.75, 3.05) is 11.9 Å². The van der Waals surface area contributed by atoms with E-state index in [1.54, 1.807) is 6.07 Å². The zero-order chi connectivity index (χ0) is 16.4. The Labute approximate surface area is 140 Å². The molecule has 1 atom stereocenters. The molecule has 3 rings (SSSR count). The summed E-state index contributed by atoms with van der Waals surface area (Å²) in [6.07, 6.45) is 4.34. The lowest BCUT2D eigenvalue weighted by atomic mass is 9.89. The first-order valence-corrected chi connectivity index (χ1v) is 8.34. The molecule has 1 aromatic rings. The quantitative estimate of drug-likeness (QED) is 0.495. The second-order valence-electron chi connectivity index (χ2n) is 6.07. The molecule has 0 aromatic heterocycles. The van der Waals surface area contributed by atoms with Crippen molar-refractivity contribution in [3.8, 4) is 0 Å². The number of benzene rings is 1. The molecule has 1 aliphatic carbocycles. The fourth-order valence-electron chi connectivity index (χ4n) is 3.26. The van der Waals surface area contributed by atoms with E-state index in [-0.39, 0.29) is 17.7 Å². The highest BCUT2D eigenvalue weighted by Gasteiger charge is 2.28. The molecular formula is C17H21ClN4O. The average molecular weight is 333 g/mol. The largest absolute Gasteiger partial charge is 0.402 e. The Bertz CT molecular complexity index is 683. The van der Waals surface area contributed by atoms with E-state index in [9.17, 15) is 4.79 Å². The molecule has 0 fully saturated rings. The molecule has 1 amide bonds. The van der Waals surface area contributed by atoms with Gasteiger partial charge in [0.05, 0.1) is 5.92 Å². The summed E-state index contributed by atoms with van der Waals surface area (Å²) in [5.74, 6) is -0.263. The Morgan fingerprint density at radius 3 is 2.91 bits per heavy atom. The molecule has 0 saturated heterocycles. The van der Waals surface area contributed by atoms with Gasteiger partial charge in [0.15, 0.2) is 0 Å². The zero-order valence-corrected chi connectivity index (χ0v) is 13.7. The summed E-state index contributed by atoms with van der Waals surface area (Å²) in [5.41, 5.74) is 9.33. The van der Waals surface area contributed by atoms with E-state index in [0.29, 0.717) is 18.0 Å². The van der Waals surface area contributed by atoms with Crippen LogP contribution in [-0.4, -0.2) is 18.3 Å². The van der Waals surface area contributed by atoms with Crippen LogP contribution in [0, 0.1) is 5.41 Å². The molecule has 1 aromatic carbocycles. The summed E-state index contributed by atoms with van der Waals surface area (Å²) in [5, 5.41) is 14.8. The zero-order valence-electron chi connectivity index (χ0n) is 12.9. The number of hydrogen-bond acceptors (Lipinski definition) is 4. The minimum absolute atomic E-state index is 0.147. The number of allylic oxidation sites excluding steroid dienone is 1. The predicted octanol–water partition coefficient (Wildman–Crippen LogP) is 3.12. The molecule has 0 bridgehead atoms. The van der Waals surface area contributed by atoms with Gasteiger partial charge in [-0.05, 0) is 49.8 Å². The van der Waals surface area contributed by atoms with Gasteiger partial charge in [-0.3, -0.25) is 10.2 Å². The van der Waals surface area contributed by atoms with Crippen molar-refractivity contribution in [2.45, 2.75) is 38.0 Å². The number of amides is 1. The molecule has 0 radical (unpaired) electrons. The van der Waals surface area contributed by atoms with Gasteiger partial charge in [0.1, 0.15) is 5.84 Å². The van der Waals surface area contributed by atoms with Gasteiger partial charge in [-0.1, -0.05) is 17.7 Å². The van der Waals surface area contributed by atoms with E-state index in [4.69, 9.17) is 22.7 Å². The van der Waals surface area contributed by atoms with Crippen molar-refractivity contribution in [2.24, 2.45) is 5.73 Å². The Morgan fingerprint density at radius 1 is 1.35 bits per heavy atom. The van der Waals surface area contributed by atoms with E-state index < -0.39 is 0 Å². The average Bonchev–Trinajstić information content (AvgIpc) is 2.54. The van der Waals surface area contributed by atoms with Gasteiger partial charge in [-0.2, -0.15) is 0 Å². The number of rotatable bonds is 2. The molecule has 5 nitrogen and oxygen atoms in total. The number of carbonyl (C=O) groups is 1. The first-order valence-electron chi connectivity index (χ1n) is 7.97. The fourth-order valence-corrected chi connectivity index (χ4v) is 3.44. The van der Waals surface area contributed by atoms with Crippen LogP contribution in [0.5, 0.6) is 0 Å². The van der Waals surface area contributed by atoms with Crippen LogP contribution in [0.15, 0.2) is 29.5 Å². The highest BCUT2D eigenvalue weighted by Crippen LogP contribution is 2.33. The van der Waals surface area contributed by atoms with Gasteiger partial charge < -0.3 is 16.4 Å². The van der Waals surface area contributed by atoms with E-state index in [0.717, 1.165) is 48.2 Å². The summed E-state index contributed by atoms with van der Waals surface area (Å²) in [6, 6.07) is 5.51. The molecule has 122 valence electrons. The van der Waals surface area contributed by atoms with E-state index in [2.05, 4.69) is 10.6 Å². The molecule has 1 unspecified atom stereocenters. The SMILES string of the molecule is N=C(NC(=O)C1CCNc2cc(Cl)ccc21)C1=C(N)CCCC1. The minimum atomic E-state index is -0.269. The fraction of sp³-hybridized carbons (Fsp3) is 0.412. The van der Waals surface area contributed by atoms with E-state index in [1.807, 2.05) is 12.1 Å². The number of nitrogens with two attached hydrogens (primary N) is 1. The van der Waals surface area contributed by atoms with Crippen LogP contribution >= 0.6 is 11.6 Å². The van der Waals surface area contributed by atoms with Crippen molar-refractivity contribution in [1.29, 1.82) is 5.41 Å². The molecule has 1 heterocycles. The lowest BCUT2D eigenvalue weighted by molar-refractivity contribution is -0.121. The van der Waals surface area contributed by atoms with Crippen molar-refractivity contribution >= 4 is 29.0 Å². The second-order valence-corrected chi connectivity index (χ2v) is 6.51. The molecular weight excluding hydrogens is 312 g/mol. The molecule has 6 heteroatoms.